The number of ether oxygens (including phenoxy) is 2. The van der Waals surface area contributed by atoms with E-state index in [-0.39, 0.29) is 12.5 Å². The zero-order chi connectivity index (χ0) is 22.6. The maximum absolute atomic E-state index is 12.3. The van der Waals surface area contributed by atoms with Crippen LogP contribution >= 0.6 is 0 Å². The lowest BCUT2D eigenvalue weighted by Crippen LogP contribution is -2.37. The molecular weight excluding hydrogens is 422 g/mol. The van der Waals surface area contributed by atoms with Crippen LogP contribution in [0.5, 0.6) is 0 Å². The minimum Gasteiger partial charge on any atom is -0.382 e. The first kappa shape index (κ1) is 21.1. The number of carbonyl (C=O) groups excluding carboxylic acids is 1. The van der Waals surface area contributed by atoms with E-state index in [0.29, 0.717) is 26.3 Å². The number of nitrogens with one attached hydrogen (secondary N) is 3. The molecule has 5 rings (SSSR count). The smallest absolute Gasteiger partial charge is 0.248 e. The number of H-pyrrole nitrogens is 2. The minimum absolute atomic E-state index is 0.00926. The standard InChI is InChI=1S/C23H25N7O3/c1-32-8-9-33-13-21(31)30-6-4-15(5-7-30)20-11-18-22(24-14-25-23(18)28-20)27-17-2-3-19-16(10-17)12-26-29-19/h2-4,10-12,14H,5-9,13H2,1H3,(H,26,29)(H2,24,25,27,28). The van der Waals surface area contributed by atoms with Gasteiger partial charge in [0.15, 0.2) is 0 Å². The van der Waals surface area contributed by atoms with Crippen LogP contribution in [-0.4, -0.2) is 76.0 Å². The molecule has 10 heteroatoms. The van der Waals surface area contributed by atoms with E-state index in [1.165, 1.54) is 0 Å². The molecule has 0 unspecified atom stereocenters. The zero-order valence-electron chi connectivity index (χ0n) is 18.3. The topological polar surface area (TPSA) is 121 Å². The molecule has 1 aromatic carbocycles. The summed E-state index contributed by atoms with van der Waals surface area (Å²) in [6.45, 7) is 2.18. The summed E-state index contributed by atoms with van der Waals surface area (Å²) in [5, 5.41) is 12.3. The number of aromatic nitrogens is 5. The summed E-state index contributed by atoms with van der Waals surface area (Å²) in [6, 6.07) is 8.05. The third-order valence-electron chi connectivity index (χ3n) is 5.69. The van der Waals surface area contributed by atoms with Crippen molar-refractivity contribution in [2.45, 2.75) is 6.42 Å². The summed E-state index contributed by atoms with van der Waals surface area (Å²) >= 11 is 0. The van der Waals surface area contributed by atoms with Crippen LogP contribution in [0.2, 0.25) is 0 Å². The molecule has 4 aromatic rings. The molecule has 4 heterocycles. The Bertz CT molecular complexity index is 1310. The third kappa shape index (κ3) is 4.57. The summed E-state index contributed by atoms with van der Waals surface area (Å²) in [4.78, 5) is 26.4. The number of anilines is 2. The van der Waals surface area contributed by atoms with Crippen LogP contribution in [0, 0.1) is 0 Å². The van der Waals surface area contributed by atoms with Gasteiger partial charge in [-0.05, 0) is 36.3 Å². The van der Waals surface area contributed by atoms with Crippen molar-refractivity contribution in [1.82, 2.24) is 30.0 Å². The van der Waals surface area contributed by atoms with Gasteiger partial charge in [-0.1, -0.05) is 6.08 Å². The van der Waals surface area contributed by atoms with Gasteiger partial charge in [0.05, 0.1) is 30.3 Å². The highest BCUT2D eigenvalue weighted by Crippen LogP contribution is 2.29. The Labute approximate surface area is 190 Å². The van der Waals surface area contributed by atoms with Crippen molar-refractivity contribution in [3.8, 4) is 0 Å². The summed E-state index contributed by atoms with van der Waals surface area (Å²) < 4.78 is 10.3. The average Bonchev–Trinajstić information content (AvgIpc) is 3.49. The van der Waals surface area contributed by atoms with E-state index in [4.69, 9.17) is 9.47 Å². The molecule has 0 spiro atoms. The first-order valence-corrected chi connectivity index (χ1v) is 10.8. The van der Waals surface area contributed by atoms with Crippen molar-refractivity contribution in [3.05, 3.63) is 48.6 Å². The summed E-state index contributed by atoms with van der Waals surface area (Å²) in [6.07, 6.45) is 6.17. The van der Waals surface area contributed by atoms with Crippen molar-refractivity contribution in [2.24, 2.45) is 0 Å². The van der Waals surface area contributed by atoms with Gasteiger partial charge in [0, 0.05) is 37.0 Å². The fourth-order valence-corrected chi connectivity index (χ4v) is 3.90. The SMILES string of the molecule is COCCOCC(=O)N1CC=C(c2cc3c(Nc4ccc5[nH]ncc5c4)ncnc3[nH]2)CC1. The fraction of sp³-hybridized carbons (Fsp3) is 0.304. The minimum atomic E-state index is -0.00926. The number of methoxy groups -OCH3 is 1. The molecular formula is C23H25N7O3. The van der Waals surface area contributed by atoms with E-state index >= 15 is 0 Å². The zero-order valence-corrected chi connectivity index (χ0v) is 18.3. The molecule has 1 aliphatic rings. The molecule has 33 heavy (non-hydrogen) atoms. The van der Waals surface area contributed by atoms with Crippen LogP contribution in [0.25, 0.3) is 27.5 Å². The lowest BCUT2D eigenvalue weighted by atomic mass is 10.0. The highest BCUT2D eigenvalue weighted by atomic mass is 16.5. The van der Waals surface area contributed by atoms with Gasteiger partial charge in [-0.3, -0.25) is 9.89 Å². The largest absolute Gasteiger partial charge is 0.382 e. The van der Waals surface area contributed by atoms with E-state index in [9.17, 15) is 4.79 Å². The van der Waals surface area contributed by atoms with Crippen LogP contribution in [0.1, 0.15) is 12.1 Å². The number of fused-ring (bicyclic) bond motifs is 2. The summed E-state index contributed by atoms with van der Waals surface area (Å²) in [5.74, 6) is 0.719. The molecule has 0 atom stereocenters. The predicted octanol–water partition coefficient (Wildman–Crippen LogP) is 2.86. The monoisotopic (exact) mass is 447 g/mol. The number of benzene rings is 1. The van der Waals surface area contributed by atoms with E-state index < -0.39 is 0 Å². The Morgan fingerprint density at radius 3 is 3.03 bits per heavy atom. The Balaban J connectivity index is 1.30. The molecule has 170 valence electrons. The fourth-order valence-electron chi connectivity index (χ4n) is 3.90. The third-order valence-corrected chi connectivity index (χ3v) is 5.69. The highest BCUT2D eigenvalue weighted by Gasteiger charge is 2.19. The van der Waals surface area contributed by atoms with Crippen molar-refractivity contribution >= 4 is 44.9 Å². The summed E-state index contributed by atoms with van der Waals surface area (Å²) in [7, 11) is 1.61. The Hall–Kier alpha value is -3.76. The van der Waals surface area contributed by atoms with E-state index in [2.05, 4.69) is 42.6 Å². The molecule has 1 aliphatic heterocycles. The van der Waals surface area contributed by atoms with Crippen LogP contribution in [0.15, 0.2) is 42.9 Å². The lowest BCUT2D eigenvalue weighted by Gasteiger charge is -2.26. The average molecular weight is 447 g/mol. The first-order valence-electron chi connectivity index (χ1n) is 10.8. The number of carbonyl (C=O) groups is 1. The maximum atomic E-state index is 12.3. The molecule has 0 fully saturated rings. The Morgan fingerprint density at radius 2 is 2.18 bits per heavy atom. The molecule has 0 radical (unpaired) electrons. The van der Waals surface area contributed by atoms with Crippen molar-refractivity contribution in [1.29, 1.82) is 0 Å². The van der Waals surface area contributed by atoms with Gasteiger partial charge in [-0.15, -0.1) is 0 Å². The predicted molar refractivity (Wildman–Crippen MR) is 125 cm³/mol. The summed E-state index contributed by atoms with van der Waals surface area (Å²) in [5.41, 5.74) is 4.81. The van der Waals surface area contributed by atoms with Crippen LogP contribution < -0.4 is 5.32 Å². The van der Waals surface area contributed by atoms with Gasteiger partial charge < -0.3 is 24.7 Å². The Kier molecular flexibility index (Phi) is 6.01. The second-order valence-electron chi connectivity index (χ2n) is 7.83. The molecule has 3 aromatic heterocycles. The van der Waals surface area contributed by atoms with Gasteiger partial charge in [0.1, 0.15) is 24.4 Å². The number of nitrogens with zero attached hydrogens (tertiary/aromatic N) is 4. The van der Waals surface area contributed by atoms with Gasteiger partial charge >= 0.3 is 0 Å². The quantitative estimate of drug-likeness (QED) is 0.355. The molecule has 10 nitrogen and oxygen atoms in total. The number of aromatic amines is 2. The Morgan fingerprint density at radius 1 is 1.24 bits per heavy atom. The molecule has 0 bridgehead atoms. The number of hydrogen-bond acceptors (Lipinski definition) is 7. The highest BCUT2D eigenvalue weighted by molar-refractivity contribution is 5.93. The van der Waals surface area contributed by atoms with Gasteiger partial charge in [-0.2, -0.15) is 5.10 Å². The molecule has 3 N–H and O–H groups in total. The second-order valence-corrected chi connectivity index (χ2v) is 7.83. The van der Waals surface area contributed by atoms with Crippen LogP contribution in [-0.2, 0) is 14.3 Å². The number of hydrogen-bond donors (Lipinski definition) is 3. The van der Waals surface area contributed by atoms with E-state index in [1.54, 1.807) is 24.5 Å². The van der Waals surface area contributed by atoms with Crippen LogP contribution in [0.3, 0.4) is 0 Å². The molecule has 0 aliphatic carbocycles. The lowest BCUT2D eigenvalue weighted by molar-refractivity contribution is -0.136. The number of rotatable bonds is 8. The van der Waals surface area contributed by atoms with Gasteiger partial charge in [0.2, 0.25) is 5.91 Å². The number of amides is 1. The molecule has 1 amide bonds. The first-order chi connectivity index (χ1) is 16.2. The molecule has 0 saturated heterocycles. The second kappa shape index (κ2) is 9.39. The van der Waals surface area contributed by atoms with Gasteiger partial charge in [0.25, 0.3) is 0 Å². The van der Waals surface area contributed by atoms with Crippen molar-refractivity contribution < 1.29 is 14.3 Å². The van der Waals surface area contributed by atoms with Gasteiger partial charge in [-0.25, -0.2) is 9.97 Å². The van der Waals surface area contributed by atoms with Crippen LogP contribution in [0.4, 0.5) is 11.5 Å². The maximum Gasteiger partial charge on any atom is 0.248 e. The van der Waals surface area contributed by atoms with E-state index in [0.717, 1.165) is 51.1 Å². The molecule has 0 saturated carbocycles. The van der Waals surface area contributed by atoms with Crippen molar-refractivity contribution in [2.75, 3.05) is 45.3 Å². The normalized spacial score (nSPS) is 14.1. The van der Waals surface area contributed by atoms with E-state index in [1.807, 2.05) is 18.2 Å². The van der Waals surface area contributed by atoms with Crippen molar-refractivity contribution in [3.63, 3.8) is 0 Å².